The van der Waals surface area contributed by atoms with Crippen molar-refractivity contribution in [2.24, 2.45) is 5.41 Å². The Hall–Kier alpha value is -2.09. The maximum absolute atomic E-state index is 12.5. The third-order valence-corrected chi connectivity index (χ3v) is 5.27. The van der Waals surface area contributed by atoms with Gasteiger partial charge in [0, 0.05) is 19.5 Å². The first-order valence-corrected chi connectivity index (χ1v) is 9.00. The van der Waals surface area contributed by atoms with Crippen molar-refractivity contribution in [1.82, 2.24) is 4.90 Å². The molecule has 0 saturated carbocycles. The van der Waals surface area contributed by atoms with Gasteiger partial charge in [-0.3, -0.25) is 4.79 Å². The normalized spacial score (nSPS) is 16.8. The summed E-state index contributed by atoms with van der Waals surface area (Å²) >= 11 is 0. The first-order chi connectivity index (χ1) is 11.6. The molecule has 2 aromatic carbocycles. The molecule has 0 unspecified atom stereocenters. The average molecular weight is 321 g/mol. The zero-order valence-electron chi connectivity index (χ0n) is 14.6. The fourth-order valence-electron chi connectivity index (χ4n) is 3.62. The Labute approximate surface area is 145 Å². The molecule has 2 nitrogen and oxygen atoms in total. The highest BCUT2D eigenvalue weighted by atomic mass is 16.2. The summed E-state index contributed by atoms with van der Waals surface area (Å²) in [4.78, 5) is 14.5. The van der Waals surface area contributed by atoms with Gasteiger partial charge in [0.25, 0.3) is 0 Å². The summed E-state index contributed by atoms with van der Waals surface area (Å²) < 4.78 is 0. The lowest BCUT2D eigenvalue weighted by Crippen LogP contribution is -2.43. The number of piperidine rings is 1. The summed E-state index contributed by atoms with van der Waals surface area (Å²) in [7, 11) is 0. The van der Waals surface area contributed by atoms with Gasteiger partial charge in [0.1, 0.15) is 0 Å². The highest BCUT2D eigenvalue weighted by Crippen LogP contribution is 2.34. The predicted molar refractivity (Wildman–Crippen MR) is 98.8 cm³/mol. The largest absolute Gasteiger partial charge is 0.343 e. The van der Waals surface area contributed by atoms with Crippen LogP contribution in [0.4, 0.5) is 0 Å². The van der Waals surface area contributed by atoms with E-state index in [9.17, 15) is 4.79 Å². The van der Waals surface area contributed by atoms with Crippen molar-refractivity contribution in [2.45, 2.75) is 39.0 Å². The number of hydrogen-bond acceptors (Lipinski definition) is 1. The summed E-state index contributed by atoms with van der Waals surface area (Å²) in [6.45, 7) is 4.17. The Morgan fingerprint density at radius 2 is 1.46 bits per heavy atom. The number of aryl methyl sites for hydroxylation is 1. The molecule has 0 radical (unpaired) electrons. The van der Waals surface area contributed by atoms with Gasteiger partial charge in [-0.1, -0.05) is 67.6 Å². The molecule has 1 aliphatic rings. The number of nitrogens with zero attached hydrogens (tertiary/aromatic N) is 1. The van der Waals surface area contributed by atoms with Gasteiger partial charge in [0.05, 0.1) is 0 Å². The lowest BCUT2D eigenvalue weighted by Gasteiger charge is -2.39. The fourth-order valence-corrected chi connectivity index (χ4v) is 3.62. The van der Waals surface area contributed by atoms with Gasteiger partial charge in [-0.25, -0.2) is 0 Å². The molecule has 0 aliphatic carbocycles. The molecule has 2 heteroatoms. The Morgan fingerprint density at radius 1 is 0.917 bits per heavy atom. The molecule has 126 valence electrons. The topological polar surface area (TPSA) is 20.3 Å². The number of rotatable bonds is 5. The molecule has 1 amide bonds. The van der Waals surface area contributed by atoms with Crippen LogP contribution in [0.5, 0.6) is 0 Å². The van der Waals surface area contributed by atoms with Crippen LogP contribution in [0.1, 0.15) is 37.3 Å². The Morgan fingerprint density at radius 3 is 2.04 bits per heavy atom. The molecule has 0 spiro atoms. The molecular weight excluding hydrogens is 294 g/mol. The Bertz CT molecular complexity index is 642. The standard InChI is InChI=1S/C22H27NO/c1-22(18-20-10-6-3-7-11-20)14-16-23(17-15-22)21(24)13-12-19-8-4-2-5-9-19/h2-11H,12-18H2,1H3. The lowest BCUT2D eigenvalue weighted by atomic mass is 9.75. The third kappa shape index (κ3) is 4.47. The van der Waals surface area contributed by atoms with Crippen LogP contribution in [0.2, 0.25) is 0 Å². The number of likely N-dealkylation sites (tertiary alicyclic amines) is 1. The van der Waals surface area contributed by atoms with Crippen LogP contribution in [-0.2, 0) is 17.6 Å². The van der Waals surface area contributed by atoms with E-state index in [1.807, 2.05) is 18.2 Å². The van der Waals surface area contributed by atoms with Crippen LogP contribution in [0.3, 0.4) is 0 Å². The van der Waals surface area contributed by atoms with Crippen molar-refractivity contribution in [1.29, 1.82) is 0 Å². The summed E-state index contributed by atoms with van der Waals surface area (Å²) in [5, 5.41) is 0. The van der Waals surface area contributed by atoms with Gasteiger partial charge in [-0.15, -0.1) is 0 Å². The van der Waals surface area contributed by atoms with Gasteiger partial charge in [-0.05, 0) is 42.2 Å². The van der Waals surface area contributed by atoms with E-state index >= 15 is 0 Å². The minimum Gasteiger partial charge on any atom is -0.343 e. The van der Waals surface area contributed by atoms with Crippen LogP contribution in [0.25, 0.3) is 0 Å². The van der Waals surface area contributed by atoms with E-state index in [-0.39, 0.29) is 0 Å². The maximum atomic E-state index is 12.5. The molecule has 1 aliphatic heterocycles. The van der Waals surface area contributed by atoms with Crippen LogP contribution >= 0.6 is 0 Å². The molecule has 0 N–H and O–H groups in total. The molecular formula is C22H27NO. The van der Waals surface area contributed by atoms with Crippen molar-refractivity contribution in [3.05, 3.63) is 71.8 Å². The number of carbonyl (C=O) groups is 1. The maximum Gasteiger partial charge on any atom is 0.222 e. The van der Waals surface area contributed by atoms with Crippen LogP contribution in [-0.4, -0.2) is 23.9 Å². The number of hydrogen-bond donors (Lipinski definition) is 0. The second-order valence-corrected chi connectivity index (χ2v) is 7.34. The molecule has 1 heterocycles. The first kappa shape index (κ1) is 16.8. The van der Waals surface area contributed by atoms with E-state index in [0.29, 0.717) is 17.7 Å². The van der Waals surface area contributed by atoms with E-state index < -0.39 is 0 Å². The summed E-state index contributed by atoms with van der Waals surface area (Å²) in [5.74, 6) is 0.306. The number of amides is 1. The SMILES string of the molecule is CC1(Cc2ccccc2)CCN(C(=O)CCc2ccccc2)CC1. The van der Waals surface area contributed by atoms with Crippen molar-refractivity contribution in [3.63, 3.8) is 0 Å². The summed E-state index contributed by atoms with van der Waals surface area (Å²) in [5.41, 5.74) is 2.97. The number of carbonyl (C=O) groups excluding carboxylic acids is 1. The van der Waals surface area contributed by atoms with Gasteiger partial charge in [-0.2, -0.15) is 0 Å². The first-order valence-electron chi connectivity index (χ1n) is 9.00. The molecule has 1 fully saturated rings. The minimum atomic E-state index is 0.306. The Kier molecular flexibility index (Phi) is 5.34. The lowest BCUT2D eigenvalue weighted by molar-refractivity contribution is -0.133. The number of benzene rings is 2. The van der Waals surface area contributed by atoms with E-state index in [0.717, 1.165) is 38.8 Å². The minimum absolute atomic E-state index is 0.306. The monoisotopic (exact) mass is 321 g/mol. The summed E-state index contributed by atoms with van der Waals surface area (Å²) in [6.07, 6.45) is 4.77. The molecule has 1 saturated heterocycles. The third-order valence-electron chi connectivity index (χ3n) is 5.27. The van der Waals surface area contributed by atoms with E-state index in [2.05, 4.69) is 54.3 Å². The Balaban J connectivity index is 1.48. The van der Waals surface area contributed by atoms with Crippen molar-refractivity contribution in [2.75, 3.05) is 13.1 Å². The molecule has 24 heavy (non-hydrogen) atoms. The van der Waals surface area contributed by atoms with E-state index in [4.69, 9.17) is 0 Å². The zero-order chi connectivity index (χ0) is 16.8. The van der Waals surface area contributed by atoms with Crippen molar-refractivity contribution < 1.29 is 4.79 Å². The molecule has 0 bridgehead atoms. The average Bonchev–Trinajstić information content (AvgIpc) is 2.62. The highest BCUT2D eigenvalue weighted by Gasteiger charge is 2.31. The molecule has 3 rings (SSSR count). The molecule has 0 aromatic heterocycles. The van der Waals surface area contributed by atoms with Crippen LogP contribution in [0.15, 0.2) is 60.7 Å². The quantitative estimate of drug-likeness (QED) is 0.794. The summed E-state index contributed by atoms with van der Waals surface area (Å²) in [6, 6.07) is 21.0. The van der Waals surface area contributed by atoms with Gasteiger partial charge >= 0.3 is 0 Å². The van der Waals surface area contributed by atoms with Crippen molar-refractivity contribution in [3.8, 4) is 0 Å². The van der Waals surface area contributed by atoms with Gasteiger partial charge < -0.3 is 4.90 Å². The predicted octanol–water partition coefficient (Wildman–Crippen LogP) is 4.49. The van der Waals surface area contributed by atoms with Crippen LogP contribution in [0, 0.1) is 5.41 Å². The van der Waals surface area contributed by atoms with Crippen LogP contribution < -0.4 is 0 Å². The highest BCUT2D eigenvalue weighted by molar-refractivity contribution is 5.76. The molecule has 0 atom stereocenters. The van der Waals surface area contributed by atoms with Gasteiger partial charge in [0.15, 0.2) is 0 Å². The second kappa shape index (κ2) is 7.65. The second-order valence-electron chi connectivity index (χ2n) is 7.34. The van der Waals surface area contributed by atoms with Gasteiger partial charge in [0.2, 0.25) is 5.91 Å². The molecule has 2 aromatic rings. The van der Waals surface area contributed by atoms with Crippen molar-refractivity contribution >= 4 is 5.91 Å². The van der Waals surface area contributed by atoms with E-state index in [1.165, 1.54) is 11.1 Å². The fraction of sp³-hybridized carbons (Fsp3) is 0.409. The zero-order valence-corrected chi connectivity index (χ0v) is 14.6. The smallest absolute Gasteiger partial charge is 0.222 e. The van der Waals surface area contributed by atoms with E-state index in [1.54, 1.807) is 0 Å².